The maximum atomic E-state index is 12.1. The Morgan fingerprint density at radius 1 is 1.47 bits per heavy atom. The zero-order chi connectivity index (χ0) is 13.2. The van der Waals surface area contributed by atoms with Gasteiger partial charge in [-0.25, -0.2) is 0 Å². The largest absolute Gasteiger partial charge is 0.339 e. The number of rotatable bonds is 3. The van der Waals surface area contributed by atoms with E-state index in [0.717, 1.165) is 0 Å². The molecule has 0 atom stereocenters. The molecular weight excluding hydrogens is 288 g/mol. The minimum Gasteiger partial charge on any atom is -0.339 e. The van der Waals surface area contributed by atoms with Crippen molar-refractivity contribution in [1.29, 1.82) is 0 Å². The molecule has 0 aliphatic carbocycles. The summed E-state index contributed by atoms with van der Waals surface area (Å²) < 4.78 is 0.225. The molecule has 5 nitrogen and oxygen atoms in total. The summed E-state index contributed by atoms with van der Waals surface area (Å²) in [5, 5.41) is 10.8. The van der Waals surface area contributed by atoms with Crippen LogP contribution < -0.4 is 0 Å². The predicted octanol–water partition coefficient (Wildman–Crippen LogP) is 2.84. The van der Waals surface area contributed by atoms with Gasteiger partial charge in [-0.1, -0.05) is 6.07 Å². The van der Waals surface area contributed by atoms with Gasteiger partial charge in [-0.3, -0.25) is 14.9 Å². The van der Waals surface area contributed by atoms with Crippen molar-refractivity contribution in [2.45, 2.75) is 19.9 Å². The monoisotopic (exact) mass is 300 g/mol. The zero-order valence-electron chi connectivity index (χ0n) is 9.81. The van der Waals surface area contributed by atoms with Gasteiger partial charge in [0.05, 0.1) is 10.5 Å². The Kier molecular flexibility index (Phi) is 4.22. The first kappa shape index (κ1) is 13.6. The molecule has 1 aromatic rings. The summed E-state index contributed by atoms with van der Waals surface area (Å²) >= 11 is 3.11. The molecule has 0 radical (unpaired) electrons. The number of amides is 1. The highest BCUT2D eigenvalue weighted by molar-refractivity contribution is 9.10. The van der Waals surface area contributed by atoms with Gasteiger partial charge in [0, 0.05) is 19.2 Å². The van der Waals surface area contributed by atoms with Crippen molar-refractivity contribution in [3.63, 3.8) is 0 Å². The molecule has 0 saturated heterocycles. The summed E-state index contributed by atoms with van der Waals surface area (Å²) in [6, 6.07) is 4.47. The first-order valence-electron chi connectivity index (χ1n) is 5.06. The summed E-state index contributed by atoms with van der Waals surface area (Å²) in [6.07, 6.45) is 0. The number of halogens is 1. The zero-order valence-corrected chi connectivity index (χ0v) is 11.4. The van der Waals surface area contributed by atoms with Crippen molar-refractivity contribution in [1.82, 2.24) is 4.90 Å². The highest BCUT2D eigenvalue weighted by Crippen LogP contribution is 2.29. The maximum absolute atomic E-state index is 12.1. The smallest absolute Gasteiger partial charge is 0.284 e. The average Bonchev–Trinajstić information content (AvgIpc) is 2.26. The quantitative estimate of drug-likeness (QED) is 0.637. The average molecular weight is 301 g/mol. The van der Waals surface area contributed by atoms with E-state index in [1.54, 1.807) is 13.1 Å². The molecule has 0 aliphatic rings. The first-order valence-corrected chi connectivity index (χ1v) is 5.85. The second kappa shape index (κ2) is 5.27. The first-order chi connectivity index (χ1) is 7.86. The van der Waals surface area contributed by atoms with E-state index in [0.29, 0.717) is 5.56 Å². The van der Waals surface area contributed by atoms with Crippen LogP contribution in [0, 0.1) is 10.1 Å². The second-order valence-electron chi connectivity index (χ2n) is 3.91. The Bertz CT molecular complexity index is 460. The molecule has 0 unspecified atom stereocenters. The lowest BCUT2D eigenvalue weighted by molar-refractivity contribution is -0.385. The van der Waals surface area contributed by atoms with Crippen LogP contribution in [-0.4, -0.2) is 28.8 Å². The van der Waals surface area contributed by atoms with E-state index < -0.39 is 4.92 Å². The van der Waals surface area contributed by atoms with E-state index in [1.165, 1.54) is 17.0 Å². The lowest BCUT2D eigenvalue weighted by Gasteiger charge is -2.21. The molecular formula is C11H13BrN2O3. The van der Waals surface area contributed by atoms with Crippen LogP contribution in [0.1, 0.15) is 24.2 Å². The van der Waals surface area contributed by atoms with E-state index >= 15 is 0 Å². The normalized spacial score (nSPS) is 10.4. The molecule has 1 rings (SSSR count). The third kappa shape index (κ3) is 2.82. The van der Waals surface area contributed by atoms with E-state index in [4.69, 9.17) is 0 Å². The molecule has 0 heterocycles. The molecule has 92 valence electrons. The summed E-state index contributed by atoms with van der Waals surface area (Å²) in [6.45, 7) is 3.76. The minimum absolute atomic E-state index is 0.0358. The summed E-state index contributed by atoms with van der Waals surface area (Å²) in [5.41, 5.74) is 0.198. The van der Waals surface area contributed by atoms with Crippen LogP contribution >= 0.6 is 15.9 Å². The van der Waals surface area contributed by atoms with Crippen molar-refractivity contribution in [2.75, 3.05) is 7.05 Å². The third-order valence-electron chi connectivity index (χ3n) is 2.50. The molecule has 0 N–H and O–H groups in total. The number of hydrogen-bond acceptors (Lipinski definition) is 3. The van der Waals surface area contributed by atoms with Crippen LogP contribution in [0.2, 0.25) is 0 Å². The lowest BCUT2D eigenvalue weighted by Crippen LogP contribution is -2.33. The van der Waals surface area contributed by atoms with Gasteiger partial charge in [0.15, 0.2) is 0 Å². The molecule has 0 spiro atoms. The molecule has 0 fully saturated rings. The highest BCUT2D eigenvalue weighted by atomic mass is 79.9. The maximum Gasteiger partial charge on any atom is 0.284 e. The van der Waals surface area contributed by atoms with Crippen LogP contribution in [0.5, 0.6) is 0 Å². The van der Waals surface area contributed by atoms with Crippen molar-refractivity contribution in [3.05, 3.63) is 38.3 Å². The van der Waals surface area contributed by atoms with Gasteiger partial charge in [-0.05, 0) is 35.8 Å². The molecule has 0 aromatic heterocycles. The SMILES string of the molecule is CC(C)N(C)C(=O)c1cccc([N+](=O)[O-])c1Br. The Morgan fingerprint density at radius 2 is 2.06 bits per heavy atom. The van der Waals surface area contributed by atoms with Crippen molar-refractivity contribution >= 4 is 27.5 Å². The molecule has 1 aromatic carbocycles. The molecule has 0 bridgehead atoms. The van der Waals surface area contributed by atoms with Gasteiger partial charge >= 0.3 is 0 Å². The number of benzene rings is 1. The van der Waals surface area contributed by atoms with Crippen LogP contribution in [-0.2, 0) is 0 Å². The number of carbonyl (C=O) groups excluding carboxylic acids is 1. The Labute approximate surface area is 108 Å². The van der Waals surface area contributed by atoms with Crippen molar-refractivity contribution in [2.24, 2.45) is 0 Å². The van der Waals surface area contributed by atoms with E-state index in [-0.39, 0.29) is 22.1 Å². The fraction of sp³-hybridized carbons (Fsp3) is 0.364. The van der Waals surface area contributed by atoms with Gasteiger partial charge < -0.3 is 4.90 Å². The number of carbonyl (C=O) groups is 1. The van der Waals surface area contributed by atoms with Gasteiger partial charge in [0.2, 0.25) is 0 Å². The van der Waals surface area contributed by atoms with E-state index in [2.05, 4.69) is 15.9 Å². The van der Waals surface area contributed by atoms with Crippen LogP contribution in [0.4, 0.5) is 5.69 Å². The summed E-state index contributed by atoms with van der Waals surface area (Å²) in [7, 11) is 1.66. The standard InChI is InChI=1S/C11H13BrN2O3/c1-7(2)13(3)11(15)8-5-4-6-9(10(8)12)14(16)17/h4-7H,1-3H3. The van der Waals surface area contributed by atoms with Crippen LogP contribution in [0.15, 0.2) is 22.7 Å². The lowest BCUT2D eigenvalue weighted by atomic mass is 10.1. The Hall–Kier alpha value is -1.43. The summed E-state index contributed by atoms with van der Waals surface area (Å²) in [4.78, 5) is 23.8. The Morgan fingerprint density at radius 3 is 2.53 bits per heavy atom. The van der Waals surface area contributed by atoms with E-state index in [1.807, 2.05) is 13.8 Å². The molecule has 6 heteroatoms. The second-order valence-corrected chi connectivity index (χ2v) is 4.70. The van der Waals surface area contributed by atoms with Crippen molar-refractivity contribution < 1.29 is 9.72 Å². The Balaban J connectivity index is 3.20. The van der Waals surface area contributed by atoms with Gasteiger partial charge in [-0.2, -0.15) is 0 Å². The van der Waals surface area contributed by atoms with Crippen molar-refractivity contribution in [3.8, 4) is 0 Å². The number of nitro benzene ring substituents is 1. The molecule has 1 amide bonds. The fourth-order valence-electron chi connectivity index (χ4n) is 1.25. The third-order valence-corrected chi connectivity index (χ3v) is 3.33. The number of nitro groups is 1. The van der Waals surface area contributed by atoms with Gasteiger partial charge in [0.25, 0.3) is 11.6 Å². The number of hydrogen-bond donors (Lipinski definition) is 0. The predicted molar refractivity (Wildman–Crippen MR) is 68.0 cm³/mol. The summed E-state index contributed by atoms with van der Waals surface area (Å²) in [5.74, 6) is -0.240. The molecule has 17 heavy (non-hydrogen) atoms. The molecule has 0 saturated carbocycles. The molecule has 0 aliphatic heterocycles. The fourth-order valence-corrected chi connectivity index (χ4v) is 1.83. The topological polar surface area (TPSA) is 63.5 Å². The van der Waals surface area contributed by atoms with Gasteiger partial charge in [-0.15, -0.1) is 0 Å². The minimum atomic E-state index is -0.518. The van der Waals surface area contributed by atoms with Gasteiger partial charge in [0.1, 0.15) is 4.47 Å². The number of nitrogens with zero attached hydrogens (tertiary/aromatic N) is 2. The van der Waals surface area contributed by atoms with Crippen LogP contribution in [0.25, 0.3) is 0 Å². The van der Waals surface area contributed by atoms with E-state index in [9.17, 15) is 14.9 Å². The highest BCUT2D eigenvalue weighted by Gasteiger charge is 2.22. The van der Waals surface area contributed by atoms with Crippen LogP contribution in [0.3, 0.4) is 0 Å².